The third-order valence-corrected chi connectivity index (χ3v) is 6.22. The quantitative estimate of drug-likeness (QED) is 0.632. The zero-order chi connectivity index (χ0) is 20.0. The first-order chi connectivity index (χ1) is 13.4. The molecular formula is C21H24ClN3O3. The second-order valence-electron chi connectivity index (χ2n) is 7.59. The Balaban J connectivity index is 1.79. The van der Waals surface area contributed by atoms with Crippen molar-refractivity contribution >= 4 is 17.5 Å². The molecule has 0 bridgehead atoms. The highest BCUT2D eigenvalue weighted by atomic mass is 35.5. The number of aliphatic hydroxyl groups is 1. The van der Waals surface area contributed by atoms with Gasteiger partial charge in [-0.1, -0.05) is 41.4 Å². The Labute approximate surface area is 169 Å². The summed E-state index contributed by atoms with van der Waals surface area (Å²) >= 11 is 6.32. The molecule has 2 aromatic rings. The molecule has 4 atom stereocenters. The molecule has 2 heterocycles. The van der Waals surface area contributed by atoms with E-state index in [1.165, 1.54) is 0 Å². The summed E-state index contributed by atoms with van der Waals surface area (Å²) in [6.07, 6.45) is 0. The molecule has 0 saturated carbocycles. The fraction of sp³-hybridized carbons (Fsp3) is 0.381. The van der Waals surface area contributed by atoms with Crippen LogP contribution in [0.1, 0.15) is 34.3 Å². The van der Waals surface area contributed by atoms with Gasteiger partial charge in [0.15, 0.2) is 0 Å². The van der Waals surface area contributed by atoms with E-state index in [2.05, 4.69) is 10.9 Å². The van der Waals surface area contributed by atoms with E-state index in [4.69, 9.17) is 11.6 Å². The number of β-amino-alcohol motifs (C(OH)–C–C–N with tert-alkyl or cyclic N) is 1. The fourth-order valence-electron chi connectivity index (χ4n) is 4.42. The number of halogens is 1. The number of aliphatic hydroxyl groups excluding tert-OH is 1. The SMILES string of the molecule is Cc1ccc(C2C3C(NNC3c3cc(Cl)c(C)cc3O)C(=O)N2CCO)cc1. The van der Waals surface area contributed by atoms with Crippen LogP contribution in [0.4, 0.5) is 0 Å². The lowest BCUT2D eigenvalue weighted by Crippen LogP contribution is -2.42. The molecule has 4 rings (SSSR count). The summed E-state index contributed by atoms with van der Waals surface area (Å²) in [6.45, 7) is 4.02. The molecule has 0 aliphatic carbocycles. The number of carbonyl (C=O) groups excluding carboxylic acids is 1. The number of rotatable bonds is 4. The first-order valence-corrected chi connectivity index (χ1v) is 9.78. The van der Waals surface area contributed by atoms with E-state index in [0.29, 0.717) is 10.6 Å². The lowest BCUT2D eigenvalue weighted by Gasteiger charge is -2.31. The number of phenolic OH excluding ortho intramolecular Hbond substituents is 1. The normalized spacial score (nSPS) is 26.7. The van der Waals surface area contributed by atoms with Crippen LogP contribution in [-0.4, -0.2) is 40.2 Å². The van der Waals surface area contributed by atoms with Gasteiger partial charge in [-0.15, -0.1) is 0 Å². The molecule has 0 aromatic heterocycles. The Morgan fingerprint density at radius 3 is 2.46 bits per heavy atom. The van der Waals surface area contributed by atoms with Crippen molar-refractivity contribution in [3.63, 3.8) is 0 Å². The molecule has 0 radical (unpaired) electrons. The highest BCUT2D eigenvalue weighted by Gasteiger charge is 2.55. The molecular weight excluding hydrogens is 378 g/mol. The van der Waals surface area contributed by atoms with E-state index in [1.807, 2.05) is 38.1 Å². The number of phenols is 1. The maximum atomic E-state index is 13.0. The minimum absolute atomic E-state index is 0.0580. The van der Waals surface area contributed by atoms with Crippen molar-refractivity contribution in [2.45, 2.75) is 32.0 Å². The van der Waals surface area contributed by atoms with Crippen molar-refractivity contribution in [2.75, 3.05) is 13.2 Å². The average molecular weight is 402 g/mol. The molecule has 2 aromatic carbocycles. The van der Waals surface area contributed by atoms with Crippen LogP contribution < -0.4 is 10.9 Å². The number of nitrogens with zero attached hydrogens (tertiary/aromatic N) is 1. The molecule has 2 fully saturated rings. The van der Waals surface area contributed by atoms with Gasteiger partial charge in [0, 0.05) is 23.0 Å². The molecule has 28 heavy (non-hydrogen) atoms. The van der Waals surface area contributed by atoms with Crippen LogP contribution in [0.2, 0.25) is 5.02 Å². The van der Waals surface area contributed by atoms with Gasteiger partial charge in [-0.25, -0.2) is 10.9 Å². The van der Waals surface area contributed by atoms with Gasteiger partial charge in [0.25, 0.3) is 0 Å². The number of amides is 1. The van der Waals surface area contributed by atoms with E-state index in [0.717, 1.165) is 16.7 Å². The summed E-state index contributed by atoms with van der Waals surface area (Å²) in [6, 6.07) is 10.5. The Bertz CT molecular complexity index is 903. The topological polar surface area (TPSA) is 84.8 Å². The number of nitrogens with one attached hydrogen (secondary N) is 2. The van der Waals surface area contributed by atoms with Crippen molar-refractivity contribution in [3.05, 3.63) is 63.7 Å². The monoisotopic (exact) mass is 401 g/mol. The lowest BCUT2D eigenvalue weighted by atomic mass is 9.83. The van der Waals surface area contributed by atoms with Crippen LogP contribution in [0.5, 0.6) is 5.75 Å². The lowest BCUT2D eigenvalue weighted by molar-refractivity contribution is -0.131. The van der Waals surface area contributed by atoms with E-state index < -0.39 is 6.04 Å². The zero-order valence-electron chi connectivity index (χ0n) is 15.8. The third kappa shape index (κ3) is 3.06. The van der Waals surface area contributed by atoms with Gasteiger partial charge in [-0.3, -0.25) is 4.79 Å². The Morgan fingerprint density at radius 1 is 1.11 bits per heavy atom. The maximum Gasteiger partial charge on any atom is 0.242 e. The number of hydrazine groups is 1. The number of carbonyl (C=O) groups is 1. The fourth-order valence-corrected chi connectivity index (χ4v) is 4.59. The number of likely N-dealkylation sites (tertiary alicyclic amines) is 1. The van der Waals surface area contributed by atoms with E-state index in [-0.39, 0.29) is 42.8 Å². The summed E-state index contributed by atoms with van der Waals surface area (Å²) in [5.74, 6) is -0.0682. The summed E-state index contributed by atoms with van der Waals surface area (Å²) < 4.78 is 0. The van der Waals surface area contributed by atoms with Crippen molar-refractivity contribution in [1.29, 1.82) is 0 Å². The predicted molar refractivity (Wildman–Crippen MR) is 107 cm³/mol. The molecule has 6 nitrogen and oxygen atoms in total. The summed E-state index contributed by atoms with van der Waals surface area (Å²) in [7, 11) is 0. The van der Waals surface area contributed by atoms with Gasteiger partial charge in [0.1, 0.15) is 11.8 Å². The molecule has 4 N–H and O–H groups in total. The molecule has 2 aliphatic heterocycles. The highest BCUT2D eigenvalue weighted by Crippen LogP contribution is 2.48. The number of benzene rings is 2. The van der Waals surface area contributed by atoms with Crippen LogP contribution >= 0.6 is 11.6 Å². The number of hydrogen-bond donors (Lipinski definition) is 4. The third-order valence-electron chi connectivity index (χ3n) is 5.82. The number of aromatic hydroxyl groups is 1. The molecule has 2 saturated heterocycles. The summed E-state index contributed by atoms with van der Waals surface area (Å²) in [5, 5.41) is 20.7. The standard InChI is InChI=1S/C21H24ClN3O3/c1-11-3-5-13(6-4-11)20-17-18(14-10-15(22)12(2)9-16(14)27)23-24-19(17)21(28)25(20)7-8-26/h3-6,9-10,17-20,23-24,26-27H,7-8H2,1-2H3. The summed E-state index contributed by atoms with van der Waals surface area (Å²) in [5.41, 5.74) is 9.89. The van der Waals surface area contributed by atoms with Crippen LogP contribution in [-0.2, 0) is 4.79 Å². The van der Waals surface area contributed by atoms with Crippen molar-refractivity contribution < 1.29 is 15.0 Å². The molecule has 0 spiro atoms. The Morgan fingerprint density at radius 2 is 1.79 bits per heavy atom. The van der Waals surface area contributed by atoms with Gasteiger partial charge in [0.2, 0.25) is 5.91 Å². The first-order valence-electron chi connectivity index (χ1n) is 9.40. The second kappa shape index (κ2) is 7.37. The molecule has 4 unspecified atom stereocenters. The predicted octanol–water partition coefficient (Wildman–Crippen LogP) is 2.37. The average Bonchev–Trinajstić information content (AvgIpc) is 3.20. The smallest absolute Gasteiger partial charge is 0.242 e. The summed E-state index contributed by atoms with van der Waals surface area (Å²) in [4.78, 5) is 14.8. The Hall–Kier alpha value is -2.12. The van der Waals surface area contributed by atoms with Crippen LogP contribution in [0.15, 0.2) is 36.4 Å². The largest absolute Gasteiger partial charge is 0.508 e. The number of hydrogen-bond acceptors (Lipinski definition) is 5. The molecule has 148 valence electrons. The van der Waals surface area contributed by atoms with Crippen molar-refractivity contribution in [1.82, 2.24) is 15.8 Å². The number of aryl methyl sites for hydroxylation is 2. The minimum atomic E-state index is -0.442. The molecule has 2 aliphatic rings. The van der Waals surface area contributed by atoms with Crippen LogP contribution in [0, 0.1) is 19.8 Å². The van der Waals surface area contributed by atoms with Crippen LogP contribution in [0.25, 0.3) is 0 Å². The number of fused-ring (bicyclic) bond motifs is 1. The zero-order valence-corrected chi connectivity index (χ0v) is 16.6. The van der Waals surface area contributed by atoms with Crippen molar-refractivity contribution in [3.8, 4) is 5.75 Å². The van der Waals surface area contributed by atoms with Gasteiger partial charge in [-0.2, -0.15) is 0 Å². The van der Waals surface area contributed by atoms with Gasteiger partial charge in [-0.05, 0) is 37.1 Å². The van der Waals surface area contributed by atoms with E-state index in [9.17, 15) is 15.0 Å². The second-order valence-corrected chi connectivity index (χ2v) is 8.00. The molecule has 1 amide bonds. The van der Waals surface area contributed by atoms with E-state index >= 15 is 0 Å². The first kappa shape index (κ1) is 19.2. The minimum Gasteiger partial charge on any atom is -0.508 e. The van der Waals surface area contributed by atoms with Gasteiger partial charge >= 0.3 is 0 Å². The maximum absolute atomic E-state index is 13.0. The van der Waals surface area contributed by atoms with E-state index in [1.54, 1.807) is 17.0 Å². The molecule has 7 heteroatoms. The van der Waals surface area contributed by atoms with Crippen LogP contribution in [0.3, 0.4) is 0 Å². The van der Waals surface area contributed by atoms with Gasteiger partial charge < -0.3 is 15.1 Å². The van der Waals surface area contributed by atoms with Crippen molar-refractivity contribution in [2.24, 2.45) is 5.92 Å². The highest BCUT2D eigenvalue weighted by molar-refractivity contribution is 6.31. The van der Waals surface area contributed by atoms with Gasteiger partial charge in [0.05, 0.1) is 18.7 Å². The Kier molecular flexibility index (Phi) is 5.05.